The fourth-order valence-corrected chi connectivity index (χ4v) is 5.70. The Hall–Kier alpha value is -1.71. The number of hydrogen-bond acceptors (Lipinski definition) is 5. The second kappa shape index (κ2) is 8.57. The Labute approximate surface area is 183 Å². The fourth-order valence-electron chi connectivity index (χ4n) is 3.26. The molecule has 0 bridgehead atoms. The smallest absolute Gasteiger partial charge is 0.244 e. The van der Waals surface area contributed by atoms with Gasteiger partial charge in [0, 0.05) is 36.2 Å². The number of piperazine rings is 1. The molecular weight excluding hydrogens is 478 g/mol. The first-order valence-corrected chi connectivity index (χ1v) is 11.7. The highest BCUT2D eigenvalue weighted by Crippen LogP contribution is 2.28. The van der Waals surface area contributed by atoms with Gasteiger partial charge >= 0.3 is 0 Å². The average molecular weight is 497 g/mol. The van der Waals surface area contributed by atoms with E-state index in [9.17, 15) is 8.42 Å². The standard InChI is InChI=1S/C20H19BrClN3O3S/c21-16-6-7-19(17(22)12-16)29(26,27)25-10-8-24(9-11-25)14-20-23-13-18(28-20)15-4-2-1-3-5-15/h1-7,12-13H,8-11,14H2. The van der Waals surface area contributed by atoms with E-state index in [1.807, 2.05) is 30.3 Å². The van der Waals surface area contributed by atoms with Crippen molar-refractivity contribution in [3.63, 3.8) is 0 Å². The molecule has 0 saturated carbocycles. The van der Waals surface area contributed by atoms with Crippen LogP contribution in [0.1, 0.15) is 5.89 Å². The molecule has 0 N–H and O–H groups in total. The Morgan fingerprint density at radius 2 is 1.79 bits per heavy atom. The summed E-state index contributed by atoms with van der Waals surface area (Å²) in [4.78, 5) is 6.63. The zero-order chi connectivity index (χ0) is 20.4. The normalized spacial score (nSPS) is 16.2. The van der Waals surface area contributed by atoms with Gasteiger partial charge in [-0.15, -0.1) is 0 Å². The number of oxazole rings is 1. The van der Waals surface area contributed by atoms with E-state index in [-0.39, 0.29) is 9.92 Å². The summed E-state index contributed by atoms with van der Waals surface area (Å²) in [7, 11) is -3.62. The maximum absolute atomic E-state index is 12.9. The van der Waals surface area contributed by atoms with E-state index in [0.29, 0.717) is 38.6 Å². The largest absolute Gasteiger partial charge is 0.439 e. The molecule has 0 radical (unpaired) electrons. The van der Waals surface area contributed by atoms with Gasteiger partial charge in [0.25, 0.3) is 0 Å². The predicted molar refractivity (Wildman–Crippen MR) is 115 cm³/mol. The lowest BCUT2D eigenvalue weighted by Crippen LogP contribution is -2.48. The van der Waals surface area contributed by atoms with E-state index >= 15 is 0 Å². The van der Waals surface area contributed by atoms with Gasteiger partial charge in [-0.25, -0.2) is 13.4 Å². The molecular formula is C20H19BrClN3O3S. The number of halogens is 2. The Bertz CT molecular complexity index is 1100. The van der Waals surface area contributed by atoms with Crippen LogP contribution in [0.25, 0.3) is 11.3 Å². The maximum Gasteiger partial charge on any atom is 0.244 e. The lowest BCUT2D eigenvalue weighted by molar-refractivity contribution is 0.168. The Balaban J connectivity index is 1.39. The van der Waals surface area contributed by atoms with Gasteiger partial charge in [0.2, 0.25) is 15.9 Å². The predicted octanol–water partition coefficient (Wildman–Crippen LogP) is 4.26. The number of hydrogen-bond donors (Lipinski definition) is 0. The van der Waals surface area contributed by atoms with Crippen LogP contribution in [0.2, 0.25) is 5.02 Å². The highest BCUT2D eigenvalue weighted by Gasteiger charge is 2.30. The van der Waals surface area contributed by atoms with Gasteiger partial charge < -0.3 is 4.42 Å². The third-order valence-electron chi connectivity index (χ3n) is 4.81. The van der Waals surface area contributed by atoms with E-state index in [0.717, 1.165) is 15.8 Å². The van der Waals surface area contributed by atoms with Crippen molar-refractivity contribution >= 4 is 37.6 Å². The molecule has 1 saturated heterocycles. The van der Waals surface area contributed by atoms with Crippen LogP contribution in [0.3, 0.4) is 0 Å². The van der Waals surface area contributed by atoms with E-state index in [1.54, 1.807) is 18.3 Å². The van der Waals surface area contributed by atoms with Gasteiger partial charge in [0.05, 0.1) is 17.8 Å². The van der Waals surface area contributed by atoms with Crippen molar-refractivity contribution < 1.29 is 12.8 Å². The summed E-state index contributed by atoms with van der Waals surface area (Å²) >= 11 is 9.46. The molecule has 1 aliphatic heterocycles. The van der Waals surface area contributed by atoms with Crippen LogP contribution < -0.4 is 0 Å². The van der Waals surface area contributed by atoms with Crippen LogP contribution in [0.4, 0.5) is 0 Å². The SMILES string of the molecule is O=S(=O)(c1ccc(Br)cc1Cl)N1CCN(Cc2ncc(-c3ccccc3)o2)CC1. The number of nitrogens with zero attached hydrogens (tertiary/aromatic N) is 3. The molecule has 0 atom stereocenters. The van der Waals surface area contributed by atoms with Gasteiger partial charge in [0.1, 0.15) is 4.90 Å². The van der Waals surface area contributed by atoms with E-state index in [2.05, 4.69) is 25.8 Å². The van der Waals surface area contributed by atoms with Crippen LogP contribution in [-0.4, -0.2) is 48.8 Å². The van der Waals surface area contributed by atoms with Crippen LogP contribution in [0.5, 0.6) is 0 Å². The van der Waals surface area contributed by atoms with Crippen LogP contribution in [0, 0.1) is 0 Å². The molecule has 1 fully saturated rings. The Kier molecular flexibility index (Phi) is 6.08. The molecule has 2 aromatic carbocycles. The molecule has 29 heavy (non-hydrogen) atoms. The summed E-state index contributed by atoms with van der Waals surface area (Å²) in [5.41, 5.74) is 0.980. The van der Waals surface area contributed by atoms with Crippen LogP contribution >= 0.6 is 27.5 Å². The van der Waals surface area contributed by atoms with Crippen molar-refractivity contribution in [2.75, 3.05) is 26.2 Å². The second-order valence-corrected chi connectivity index (χ2v) is 9.97. The Morgan fingerprint density at radius 3 is 2.48 bits per heavy atom. The molecule has 1 aromatic heterocycles. The van der Waals surface area contributed by atoms with Crippen LogP contribution in [0.15, 0.2) is 68.5 Å². The summed E-state index contributed by atoms with van der Waals surface area (Å²) in [6.45, 7) is 2.51. The van der Waals surface area contributed by atoms with Gasteiger partial charge in [-0.3, -0.25) is 4.90 Å². The third-order valence-corrected chi connectivity index (χ3v) is 7.69. The highest BCUT2D eigenvalue weighted by atomic mass is 79.9. The quantitative estimate of drug-likeness (QED) is 0.528. The van der Waals surface area contributed by atoms with E-state index in [1.165, 1.54) is 10.4 Å². The average Bonchev–Trinajstić information content (AvgIpc) is 3.17. The molecule has 3 aromatic rings. The molecule has 0 unspecified atom stereocenters. The molecule has 0 aliphatic carbocycles. The molecule has 0 spiro atoms. The number of sulfonamides is 1. The van der Waals surface area contributed by atoms with Crippen molar-refractivity contribution in [3.05, 3.63) is 70.1 Å². The number of rotatable bonds is 5. The molecule has 6 nitrogen and oxygen atoms in total. The lowest BCUT2D eigenvalue weighted by Gasteiger charge is -2.33. The summed E-state index contributed by atoms with van der Waals surface area (Å²) in [5.74, 6) is 1.35. The first-order chi connectivity index (χ1) is 13.9. The van der Waals surface area contributed by atoms with Crippen molar-refractivity contribution in [3.8, 4) is 11.3 Å². The van der Waals surface area contributed by atoms with Gasteiger partial charge in [0.15, 0.2) is 5.76 Å². The van der Waals surface area contributed by atoms with Crippen LogP contribution in [-0.2, 0) is 16.6 Å². The topological polar surface area (TPSA) is 66.7 Å². The molecule has 152 valence electrons. The summed E-state index contributed by atoms with van der Waals surface area (Å²) in [6, 6.07) is 14.6. The minimum atomic E-state index is -3.62. The monoisotopic (exact) mass is 495 g/mol. The summed E-state index contributed by atoms with van der Waals surface area (Å²) in [5, 5.41) is 0.218. The summed E-state index contributed by atoms with van der Waals surface area (Å²) in [6.07, 6.45) is 1.72. The van der Waals surface area contributed by atoms with Crippen molar-refractivity contribution in [2.45, 2.75) is 11.4 Å². The minimum absolute atomic E-state index is 0.135. The van der Waals surface area contributed by atoms with Gasteiger partial charge in [-0.2, -0.15) is 4.31 Å². The van der Waals surface area contributed by atoms with Crippen molar-refractivity contribution in [1.29, 1.82) is 0 Å². The second-order valence-electron chi connectivity index (χ2n) is 6.74. The first kappa shape index (κ1) is 20.6. The molecule has 1 aliphatic rings. The fraction of sp³-hybridized carbons (Fsp3) is 0.250. The third kappa shape index (κ3) is 4.57. The molecule has 0 amide bonds. The number of aromatic nitrogens is 1. The number of benzene rings is 2. The van der Waals surface area contributed by atoms with Gasteiger partial charge in [-0.1, -0.05) is 57.9 Å². The first-order valence-electron chi connectivity index (χ1n) is 9.11. The lowest BCUT2D eigenvalue weighted by atomic mass is 10.2. The molecule has 9 heteroatoms. The van der Waals surface area contributed by atoms with Crippen molar-refractivity contribution in [2.24, 2.45) is 0 Å². The molecule has 4 rings (SSSR count). The van der Waals surface area contributed by atoms with Crippen molar-refractivity contribution in [1.82, 2.24) is 14.2 Å². The zero-order valence-electron chi connectivity index (χ0n) is 15.5. The minimum Gasteiger partial charge on any atom is -0.439 e. The van der Waals surface area contributed by atoms with Gasteiger partial charge in [-0.05, 0) is 18.2 Å². The summed E-state index contributed by atoms with van der Waals surface area (Å²) < 4.78 is 33.9. The zero-order valence-corrected chi connectivity index (χ0v) is 18.6. The highest BCUT2D eigenvalue weighted by molar-refractivity contribution is 9.10. The molecule has 2 heterocycles. The van der Waals surface area contributed by atoms with E-state index in [4.69, 9.17) is 16.0 Å². The van der Waals surface area contributed by atoms with E-state index < -0.39 is 10.0 Å². The Morgan fingerprint density at radius 1 is 1.07 bits per heavy atom. The maximum atomic E-state index is 12.9.